The van der Waals surface area contributed by atoms with Gasteiger partial charge in [0.2, 0.25) is 0 Å². The number of rotatable bonds is 5. The first-order valence-corrected chi connectivity index (χ1v) is 11.0. The number of hydrogen-bond donors (Lipinski definition) is 2. The summed E-state index contributed by atoms with van der Waals surface area (Å²) in [6, 6.07) is 8.33. The van der Waals surface area contributed by atoms with Crippen LogP contribution >= 0.6 is 0 Å². The lowest BCUT2D eigenvalue weighted by atomic mass is 10.1. The Kier molecular flexibility index (Phi) is 4.70. The highest BCUT2D eigenvalue weighted by Gasteiger charge is 2.15. The number of pyridine rings is 3. The second-order valence-corrected chi connectivity index (χ2v) is 8.71. The van der Waals surface area contributed by atoms with Gasteiger partial charge < -0.3 is 9.88 Å². The van der Waals surface area contributed by atoms with E-state index < -0.39 is 0 Å². The Morgan fingerprint density at radius 1 is 0.971 bits per heavy atom. The molecule has 0 saturated heterocycles. The van der Waals surface area contributed by atoms with Crippen LogP contribution in [0.15, 0.2) is 61.6 Å². The van der Waals surface area contributed by atoms with Crippen molar-refractivity contribution in [3.8, 4) is 28.3 Å². The SMILES string of the molecule is Cc1cn(-c2nccc3[nH]c(-c4[nH]nc5ncc(-c6cncc(CN(C)C)c6)cc45)cc23)cn1. The highest BCUT2D eigenvalue weighted by atomic mass is 15.2. The van der Waals surface area contributed by atoms with E-state index in [1.807, 2.05) is 56.4 Å². The van der Waals surface area contributed by atoms with E-state index in [2.05, 4.69) is 58.2 Å². The summed E-state index contributed by atoms with van der Waals surface area (Å²) in [6.45, 7) is 2.79. The quantitative estimate of drug-likeness (QED) is 0.410. The van der Waals surface area contributed by atoms with E-state index in [1.54, 1.807) is 12.5 Å². The normalized spacial score (nSPS) is 11.8. The van der Waals surface area contributed by atoms with E-state index in [9.17, 15) is 0 Å². The highest BCUT2D eigenvalue weighted by molar-refractivity contribution is 5.97. The number of nitrogens with one attached hydrogen (secondary N) is 2. The van der Waals surface area contributed by atoms with Gasteiger partial charge in [-0.25, -0.2) is 15.0 Å². The van der Waals surface area contributed by atoms with E-state index in [-0.39, 0.29) is 0 Å². The molecule has 0 unspecified atom stereocenters. The third-order valence-corrected chi connectivity index (χ3v) is 5.79. The Morgan fingerprint density at radius 3 is 2.68 bits per heavy atom. The maximum absolute atomic E-state index is 4.60. The number of fused-ring (bicyclic) bond motifs is 2. The second-order valence-electron chi connectivity index (χ2n) is 8.71. The van der Waals surface area contributed by atoms with Crippen LogP contribution in [0, 0.1) is 6.92 Å². The first-order valence-electron chi connectivity index (χ1n) is 11.0. The molecule has 6 rings (SSSR count). The molecular weight excluding hydrogens is 426 g/mol. The van der Waals surface area contributed by atoms with Gasteiger partial charge in [-0.15, -0.1) is 0 Å². The molecule has 6 aromatic heterocycles. The number of aromatic amines is 2. The average Bonchev–Trinajstić information content (AvgIpc) is 3.55. The highest BCUT2D eigenvalue weighted by Crippen LogP contribution is 2.32. The summed E-state index contributed by atoms with van der Waals surface area (Å²) >= 11 is 0. The Labute approximate surface area is 195 Å². The van der Waals surface area contributed by atoms with Gasteiger partial charge in [-0.1, -0.05) is 0 Å². The Morgan fingerprint density at radius 2 is 1.85 bits per heavy atom. The fraction of sp³-hybridized carbons (Fsp3) is 0.160. The lowest BCUT2D eigenvalue weighted by Crippen LogP contribution is -2.10. The maximum atomic E-state index is 4.60. The van der Waals surface area contributed by atoms with Gasteiger partial charge in [0.05, 0.1) is 22.6 Å². The zero-order valence-corrected chi connectivity index (χ0v) is 19.1. The average molecular weight is 450 g/mol. The molecule has 2 N–H and O–H groups in total. The molecule has 0 aromatic carbocycles. The van der Waals surface area contributed by atoms with Crippen molar-refractivity contribution >= 4 is 21.9 Å². The minimum atomic E-state index is 0.665. The van der Waals surface area contributed by atoms with Crippen LogP contribution in [0.25, 0.3) is 50.3 Å². The van der Waals surface area contributed by atoms with Crippen LogP contribution in [-0.2, 0) is 6.54 Å². The smallest absolute Gasteiger partial charge is 0.181 e. The molecule has 6 aromatic rings. The van der Waals surface area contributed by atoms with Crippen molar-refractivity contribution in [2.24, 2.45) is 0 Å². The van der Waals surface area contributed by atoms with Crippen molar-refractivity contribution in [2.45, 2.75) is 13.5 Å². The lowest BCUT2D eigenvalue weighted by molar-refractivity contribution is 0.402. The van der Waals surface area contributed by atoms with Crippen molar-refractivity contribution in [1.29, 1.82) is 0 Å². The van der Waals surface area contributed by atoms with E-state index in [4.69, 9.17) is 0 Å². The zero-order valence-electron chi connectivity index (χ0n) is 19.1. The largest absolute Gasteiger partial charge is 0.353 e. The first kappa shape index (κ1) is 20.3. The van der Waals surface area contributed by atoms with Gasteiger partial charge in [-0.3, -0.25) is 14.6 Å². The molecule has 0 bridgehead atoms. The minimum absolute atomic E-state index is 0.665. The Bertz CT molecular complexity index is 1640. The maximum Gasteiger partial charge on any atom is 0.181 e. The third-order valence-electron chi connectivity index (χ3n) is 5.79. The van der Waals surface area contributed by atoms with E-state index >= 15 is 0 Å². The van der Waals surface area contributed by atoms with Crippen LogP contribution in [0.1, 0.15) is 11.3 Å². The van der Waals surface area contributed by atoms with Gasteiger partial charge in [0.1, 0.15) is 12.1 Å². The third kappa shape index (κ3) is 3.52. The van der Waals surface area contributed by atoms with Gasteiger partial charge in [0.15, 0.2) is 5.65 Å². The van der Waals surface area contributed by atoms with Gasteiger partial charge in [-0.2, -0.15) is 5.10 Å². The van der Waals surface area contributed by atoms with Crippen molar-refractivity contribution in [3.05, 3.63) is 72.8 Å². The topological polar surface area (TPSA) is 104 Å². The van der Waals surface area contributed by atoms with Crippen LogP contribution in [0.2, 0.25) is 0 Å². The number of aromatic nitrogens is 8. The van der Waals surface area contributed by atoms with E-state index in [1.165, 1.54) is 0 Å². The van der Waals surface area contributed by atoms with Crippen LogP contribution in [-0.4, -0.2) is 58.7 Å². The van der Waals surface area contributed by atoms with Crippen LogP contribution in [0.4, 0.5) is 0 Å². The van der Waals surface area contributed by atoms with Gasteiger partial charge >= 0.3 is 0 Å². The van der Waals surface area contributed by atoms with Crippen LogP contribution < -0.4 is 0 Å². The van der Waals surface area contributed by atoms with E-state index in [0.717, 1.165) is 62.4 Å². The monoisotopic (exact) mass is 449 g/mol. The number of imidazole rings is 1. The van der Waals surface area contributed by atoms with Crippen molar-refractivity contribution in [3.63, 3.8) is 0 Å². The van der Waals surface area contributed by atoms with Gasteiger partial charge in [0, 0.05) is 59.4 Å². The number of nitrogens with zero attached hydrogens (tertiary/aromatic N) is 7. The van der Waals surface area contributed by atoms with Crippen molar-refractivity contribution < 1.29 is 0 Å². The molecule has 168 valence electrons. The van der Waals surface area contributed by atoms with Crippen molar-refractivity contribution in [1.82, 2.24) is 44.6 Å². The molecule has 6 heterocycles. The standard InChI is InChI=1S/C25H23N9/c1-15-12-34(14-29-15)25-19-8-22(30-21(19)4-5-27-25)23-20-7-18(11-28-24(20)32-31-23)17-6-16(9-26-10-17)13-33(2)3/h4-12,14,30H,13H2,1-3H3,(H,28,31,32). The Hall–Kier alpha value is -4.37. The van der Waals surface area contributed by atoms with Crippen molar-refractivity contribution in [2.75, 3.05) is 14.1 Å². The molecule has 0 fully saturated rings. The van der Waals surface area contributed by atoms with Crippen LogP contribution in [0.5, 0.6) is 0 Å². The molecule has 0 atom stereocenters. The molecule has 0 aliphatic carbocycles. The number of H-pyrrole nitrogens is 2. The second kappa shape index (κ2) is 7.89. The predicted octanol–water partition coefficient (Wildman–Crippen LogP) is 4.12. The molecule has 0 saturated carbocycles. The summed E-state index contributed by atoms with van der Waals surface area (Å²) < 4.78 is 1.94. The summed E-state index contributed by atoms with van der Waals surface area (Å²) in [6.07, 6.45) is 11.2. The fourth-order valence-corrected chi connectivity index (χ4v) is 4.28. The van der Waals surface area contributed by atoms with Gasteiger partial charge in [-0.05, 0) is 50.8 Å². The molecule has 9 heteroatoms. The number of hydrogen-bond acceptors (Lipinski definition) is 6. The molecule has 9 nitrogen and oxygen atoms in total. The molecule has 0 aliphatic heterocycles. The summed E-state index contributed by atoms with van der Waals surface area (Å²) in [5.74, 6) is 0.826. The van der Waals surface area contributed by atoms with Gasteiger partial charge in [0.25, 0.3) is 0 Å². The number of aryl methyl sites for hydroxylation is 1. The summed E-state index contributed by atoms with van der Waals surface area (Å²) in [7, 11) is 4.10. The summed E-state index contributed by atoms with van der Waals surface area (Å²) in [5.41, 5.74) is 7.57. The molecule has 0 aliphatic rings. The van der Waals surface area contributed by atoms with Crippen LogP contribution in [0.3, 0.4) is 0 Å². The molecule has 0 amide bonds. The van der Waals surface area contributed by atoms with E-state index in [0.29, 0.717) is 5.65 Å². The first-order chi connectivity index (χ1) is 16.5. The Balaban J connectivity index is 1.45. The molecular formula is C25H23N9. The molecule has 34 heavy (non-hydrogen) atoms. The fourth-order valence-electron chi connectivity index (χ4n) is 4.28. The lowest BCUT2D eigenvalue weighted by Gasteiger charge is -2.10. The summed E-state index contributed by atoms with van der Waals surface area (Å²) in [5, 5.41) is 9.54. The minimum Gasteiger partial charge on any atom is -0.353 e. The molecule has 0 radical (unpaired) electrons. The zero-order chi connectivity index (χ0) is 23.2. The summed E-state index contributed by atoms with van der Waals surface area (Å²) in [4.78, 5) is 23.6. The predicted molar refractivity (Wildman–Crippen MR) is 131 cm³/mol. The molecule has 0 spiro atoms.